The lowest BCUT2D eigenvalue weighted by Crippen LogP contribution is -2.40. The van der Waals surface area contributed by atoms with Crippen molar-refractivity contribution in [3.63, 3.8) is 0 Å². The average Bonchev–Trinajstić information content (AvgIpc) is 2.38. The van der Waals surface area contributed by atoms with Crippen LogP contribution in [0.3, 0.4) is 0 Å². The van der Waals surface area contributed by atoms with E-state index in [2.05, 4.69) is 5.32 Å². The van der Waals surface area contributed by atoms with E-state index >= 15 is 0 Å². The number of nitriles is 1. The average molecular weight is 233 g/mol. The summed E-state index contributed by atoms with van der Waals surface area (Å²) < 4.78 is 5.04. The van der Waals surface area contributed by atoms with Crippen LogP contribution in [-0.2, 0) is 11.2 Å². The van der Waals surface area contributed by atoms with Crippen LogP contribution in [0.25, 0.3) is 0 Å². The lowest BCUT2D eigenvalue weighted by molar-refractivity contribution is -0.121. The molecular weight excluding hydrogens is 218 g/mol. The van der Waals surface area contributed by atoms with Gasteiger partial charge in [0, 0.05) is 6.54 Å². The number of hydrogen-bond donors (Lipinski definition) is 2. The molecule has 5 nitrogen and oxygen atoms in total. The predicted octanol–water partition coefficient (Wildman–Crippen LogP) is 0.205. The number of carbonyl (C=O) groups is 1. The largest absolute Gasteiger partial charge is 0.497 e. The second kappa shape index (κ2) is 6.51. The number of nitrogens with one attached hydrogen (secondary N) is 1. The standard InChI is InChI=1S/C12H15N3O2/c1-17-10-4-2-9(3-5-10)6-7-15-12(16)11(14)8-13/h2-5,11H,6-7,14H2,1H3,(H,15,16). The van der Waals surface area contributed by atoms with E-state index in [1.165, 1.54) is 0 Å². The molecule has 1 amide bonds. The zero-order valence-corrected chi connectivity index (χ0v) is 9.64. The van der Waals surface area contributed by atoms with Crippen molar-refractivity contribution in [2.45, 2.75) is 12.5 Å². The quantitative estimate of drug-likeness (QED) is 0.760. The highest BCUT2D eigenvalue weighted by atomic mass is 16.5. The number of benzene rings is 1. The molecule has 0 radical (unpaired) electrons. The van der Waals surface area contributed by atoms with Gasteiger partial charge in [0.2, 0.25) is 0 Å². The number of hydrogen-bond acceptors (Lipinski definition) is 4. The lowest BCUT2D eigenvalue weighted by Gasteiger charge is -2.06. The van der Waals surface area contributed by atoms with E-state index in [1.54, 1.807) is 13.2 Å². The number of ether oxygens (including phenoxy) is 1. The van der Waals surface area contributed by atoms with Gasteiger partial charge < -0.3 is 15.8 Å². The van der Waals surface area contributed by atoms with Gasteiger partial charge in [-0.1, -0.05) is 12.1 Å². The minimum atomic E-state index is -1.09. The van der Waals surface area contributed by atoms with Crippen molar-refractivity contribution < 1.29 is 9.53 Å². The number of methoxy groups -OCH3 is 1. The molecule has 0 spiro atoms. The van der Waals surface area contributed by atoms with E-state index in [0.29, 0.717) is 13.0 Å². The number of carbonyl (C=O) groups excluding carboxylic acids is 1. The van der Waals surface area contributed by atoms with Gasteiger partial charge in [-0.25, -0.2) is 0 Å². The molecular formula is C12H15N3O2. The minimum Gasteiger partial charge on any atom is -0.497 e. The van der Waals surface area contributed by atoms with Gasteiger partial charge >= 0.3 is 0 Å². The molecule has 1 atom stereocenters. The molecule has 0 saturated carbocycles. The maximum absolute atomic E-state index is 11.2. The van der Waals surface area contributed by atoms with E-state index in [4.69, 9.17) is 15.7 Å². The Bertz CT molecular complexity index is 409. The molecule has 0 aliphatic rings. The zero-order valence-electron chi connectivity index (χ0n) is 9.64. The topological polar surface area (TPSA) is 88.1 Å². The summed E-state index contributed by atoms with van der Waals surface area (Å²) in [4.78, 5) is 11.2. The maximum Gasteiger partial charge on any atom is 0.251 e. The fourth-order valence-electron chi connectivity index (χ4n) is 1.29. The van der Waals surface area contributed by atoms with E-state index < -0.39 is 11.9 Å². The predicted molar refractivity (Wildman–Crippen MR) is 63.3 cm³/mol. The molecule has 1 aromatic carbocycles. The van der Waals surface area contributed by atoms with Gasteiger partial charge in [0.1, 0.15) is 5.75 Å². The highest BCUT2D eigenvalue weighted by molar-refractivity contribution is 5.84. The molecule has 3 N–H and O–H groups in total. The van der Waals surface area contributed by atoms with Crippen molar-refractivity contribution in [1.82, 2.24) is 5.32 Å². The van der Waals surface area contributed by atoms with Gasteiger partial charge in [0.05, 0.1) is 13.2 Å². The first-order chi connectivity index (χ1) is 8.17. The first kappa shape index (κ1) is 13.0. The van der Waals surface area contributed by atoms with E-state index in [0.717, 1.165) is 11.3 Å². The zero-order chi connectivity index (χ0) is 12.7. The van der Waals surface area contributed by atoms with Crippen LogP contribution in [-0.4, -0.2) is 25.6 Å². The number of amides is 1. The molecule has 17 heavy (non-hydrogen) atoms. The fourth-order valence-corrected chi connectivity index (χ4v) is 1.29. The SMILES string of the molecule is COc1ccc(CCNC(=O)C(N)C#N)cc1. The van der Waals surface area contributed by atoms with Gasteiger partial charge in [-0.15, -0.1) is 0 Å². The highest BCUT2D eigenvalue weighted by Crippen LogP contribution is 2.11. The van der Waals surface area contributed by atoms with Crippen LogP contribution in [0, 0.1) is 11.3 Å². The van der Waals surface area contributed by atoms with Crippen molar-refractivity contribution in [3.05, 3.63) is 29.8 Å². The van der Waals surface area contributed by atoms with Crippen LogP contribution < -0.4 is 15.8 Å². The first-order valence-electron chi connectivity index (χ1n) is 5.23. The summed E-state index contributed by atoms with van der Waals surface area (Å²) in [6.07, 6.45) is 0.688. The van der Waals surface area contributed by atoms with Crippen molar-refractivity contribution in [1.29, 1.82) is 5.26 Å². The molecule has 0 bridgehead atoms. The van der Waals surface area contributed by atoms with Crippen molar-refractivity contribution in [2.24, 2.45) is 5.73 Å². The molecule has 1 rings (SSSR count). The summed E-state index contributed by atoms with van der Waals surface area (Å²) >= 11 is 0. The second-order valence-corrected chi connectivity index (χ2v) is 3.50. The third-order valence-electron chi connectivity index (χ3n) is 2.29. The van der Waals surface area contributed by atoms with Crippen LogP contribution >= 0.6 is 0 Å². The summed E-state index contributed by atoms with van der Waals surface area (Å²) in [6, 6.07) is 8.16. The van der Waals surface area contributed by atoms with Crippen LogP contribution in [0.15, 0.2) is 24.3 Å². The number of nitrogens with two attached hydrogens (primary N) is 1. The second-order valence-electron chi connectivity index (χ2n) is 3.50. The Hall–Kier alpha value is -2.06. The Morgan fingerprint density at radius 2 is 2.18 bits per heavy atom. The summed E-state index contributed by atoms with van der Waals surface area (Å²) in [5.74, 6) is 0.352. The molecule has 0 heterocycles. The Morgan fingerprint density at radius 3 is 2.71 bits per heavy atom. The van der Waals surface area contributed by atoms with E-state index in [1.807, 2.05) is 24.3 Å². The molecule has 1 aromatic rings. The number of nitrogens with zero attached hydrogens (tertiary/aromatic N) is 1. The minimum absolute atomic E-state index is 0.444. The summed E-state index contributed by atoms with van der Waals surface area (Å²) in [7, 11) is 1.61. The van der Waals surface area contributed by atoms with Crippen molar-refractivity contribution >= 4 is 5.91 Å². The first-order valence-corrected chi connectivity index (χ1v) is 5.23. The lowest BCUT2D eigenvalue weighted by atomic mass is 10.1. The molecule has 0 aliphatic carbocycles. The molecule has 0 fully saturated rings. The van der Waals surface area contributed by atoms with Gasteiger partial charge in [-0.3, -0.25) is 4.79 Å². The monoisotopic (exact) mass is 233 g/mol. The Labute approximate surface area is 100 Å². The molecule has 5 heteroatoms. The van der Waals surface area contributed by atoms with E-state index in [-0.39, 0.29) is 0 Å². The maximum atomic E-state index is 11.2. The van der Waals surface area contributed by atoms with Gasteiger partial charge in [0.15, 0.2) is 6.04 Å². The summed E-state index contributed by atoms with van der Waals surface area (Å²) in [5.41, 5.74) is 6.32. The Morgan fingerprint density at radius 1 is 1.53 bits per heavy atom. The van der Waals surface area contributed by atoms with Crippen LogP contribution in [0.5, 0.6) is 5.75 Å². The highest BCUT2D eigenvalue weighted by Gasteiger charge is 2.10. The molecule has 0 saturated heterocycles. The molecule has 0 aliphatic heterocycles. The smallest absolute Gasteiger partial charge is 0.251 e. The van der Waals surface area contributed by atoms with Crippen molar-refractivity contribution in [3.8, 4) is 11.8 Å². The van der Waals surface area contributed by atoms with E-state index in [9.17, 15) is 4.79 Å². The molecule has 90 valence electrons. The summed E-state index contributed by atoms with van der Waals surface area (Å²) in [5, 5.41) is 11.0. The third-order valence-corrected chi connectivity index (χ3v) is 2.29. The molecule has 0 aromatic heterocycles. The van der Waals surface area contributed by atoms with Crippen LogP contribution in [0.4, 0.5) is 0 Å². The number of rotatable bonds is 5. The molecule has 1 unspecified atom stereocenters. The van der Waals surface area contributed by atoms with Crippen LogP contribution in [0.2, 0.25) is 0 Å². The fraction of sp³-hybridized carbons (Fsp3) is 0.333. The third kappa shape index (κ3) is 4.13. The van der Waals surface area contributed by atoms with Gasteiger partial charge in [-0.05, 0) is 24.1 Å². The van der Waals surface area contributed by atoms with Gasteiger partial charge in [-0.2, -0.15) is 5.26 Å². The van der Waals surface area contributed by atoms with Crippen LogP contribution in [0.1, 0.15) is 5.56 Å². The van der Waals surface area contributed by atoms with Crippen molar-refractivity contribution in [2.75, 3.05) is 13.7 Å². The van der Waals surface area contributed by atoms with Gasteiger partial charge in [0.25, 0.3) is 5.91 Å². The summed E-state index contributed by atoms with van der Waals surface area (Å²) in [6.45, 7) is 0.459. The Balaban J connectivity index is 2.36. The normalized spacial score (nSPS) is 11.4. The Kier molecular flexibility index (Phi) is 4.98.